The van der Waals surface area contributed by atoms with Gasteiger partial charge in [-0.25, -0.2) is 4.57 Å². The first-order valence-corrected chi connectivity index (χ1v) is 25.6. The van der Waals surface area contributed by atoms with Gasteiger partial charge in [0.1, 0.15) is 6.10 Å². The normalized spacial score (nSPS) is 13.8. The number of hydrogen-bond acceptors (Lipinski definition) is 7. The molecule has 0 aliphatic carbocycles. The van der Waals surface area contributed by atoms with E-state index in [2.05, 4.69) is 62.5 Å². The van der Waals surface area contributed by atoms with E-state index >= 15 is 0 Å². The molecule has 0 aliphatic heterocycles. The van der Waals surface area contributed by atoms with E-state index in [1.54, 1.807) is 0 Å². The standard InChI is InChI=1S/C49H92NO7P/c1-3-5-7-9-11-13-15-17-19-21-22-23-24-25-27-29-31-33-35-37-39-41-44-54-46-48(47-56-58(52,53)55-45-43-50)57-49(51)42-40-38-36-34-32-30-28-26-20-18-16-14-12-10-8-6-4-2/h12,14-15,17-18,20-22,48H,3-11,13,16,19,23-47,50H2,1-2H3,(H,52,53)/b14-12-,17-15-,20-18-,22-21-. The fraction of sp³-hybridized carbons (Fsp3) is 0.816. The van der Waals surface area contributed by atoms with Crippen molar-refractivity contribution in [3.8, 4) is 0 Å². The van der Waals surface area contributed by atoms with E-state index in [4.69, 9.17) is 24.3 Å². The number of phosphoric ester groups is 1. The molecule has 0 radical (unpaired) electrons. The predicted molar refractivity (Wildman–Crippen MR) is 247 cm³/mol. The summed E-state index contributed by atoms with van der Waals surface area (Å²) in [6.07, 6.45) is 55.6. The number of esters is 1. The minimum absolute atomic E-state index is 0.0974. The Morgan fingerprint density at radius 3 is 1.38 bits per heavy atom. The van der Waals surface area contributed by atoms with Crippen LogP contribution in [-0.4, -0.2) is 49.9 Å². The Morgan fingerprint density at radius 2 is 0.914 bits per heavy atom. The van der Waals surface area contributed by atoms with Crippen LogP contribution in [0.25, 0.3) is 0 Å². The van der Waals surface area contributed by atoms with Crippen molar-refractivity contribution in [1.29, 1.82) is 0 Å². The van der Waals surface area contributed by atoms with Gasteiger partial charge >= 0.3 is 13.8 Å². The van der Waals surface area contributed by atoms with Crippen LogP contribution in [0, 0.1) is 0 Å². The first kappa shape index (κ1) is 56.5. The Hall–Kier alpha value is -1.54. The van der Waals surface area contributed by atoms with Crippen LogP contribution in [0.5, 0.6) is 0 Å². The minimum Gasteiger partial charge on any atom is -0.457 e. The molecule has 0 saturated heterocycles. The van der Waals surface area contributed by atoms with Crippen LogP contribution in [0.2, 0.25) is 0 Å². The van der Waals surface area contributed by atoms with E-state index in [-0.39, 0.29) is 32.3 Å². The Labute approximate surface area is 358 Å². The van der Waals surface area contributed by atoms with Gasteiger partial charge < -0.3 is 20.1 Å². The van der Waals surface area contributed by atoms with Crippen LogP contribution in [0.1, 0.15) is 219 Å². The number of allylic oxidation sites excluding steroid dienone is 8. The highest BCUT2D eigenvalue weighted by Gasteiger charge is 2.25. The molecule has 9 heteroatoms. The zero-order valence-electron chi connectivity index (χ0n) is 37.8. The van der Waals surface area contributed by atoms with Crippen LogP contribution >= 0.6 is 7.82 Å². The van der Waals surface area contributed by atoms with E-state index in [0.29, 0.717) is 13.0 Å². The molecule has 0 bridgehead atoms. The van der Waals surface area contributed by atoms with Crippen molar-refractivity contribution in [1.82, 2.24) is 0 Å². The number of carbonyl (C=O) groups is 1. The van der Waals surface area contributed by atoms with E-state index in [1.165, 1.54) is 148 Å². The molecule has 2 unspecified atom stereocenters. The molecule has 0 rings (SSSR count). The summed E-state index contributed by atoms with van der Waals surface area (Å²) in [4.78, 5) is 22.5. The smallest absolute Gasteiger partial charge is 0.457 e. The highest BCUT2D eigenvalue weighted by molar-refractivity contribution is 7.47. The second kappa shape index (κ2) is 46.5. The average Bonchev–Trinajstić information content (AvgIpc) is 3.21. The molecule has 0 aromatic carbocycles. The lowest BCUT2D eigenvalue weighted by Gasteiger charge is -2.20. The number of carbonyl (C=O) groups excluding carboxylic acids is 1. The molecule has 0 heterocycles. The summed E-state index contributed by atoms with van der Waals surface area (Å²) in [5.74, 6) is -0.339. The predicted octanol–water partition coefficient (Wildman–Crippen LogP) is 14.8. The van der Waals surface area contributed by atoms with Gasteiger partial charge in [-0.15, -0.1) is 0 Å². The molecule has 0 spiro atoms. The van der Waals surface area contributed by atoms with Crippen molar-refractivity contribution in [3.63, 3.8) is 0 Å². The summed E-state index contributed by atoms with van der Waals surface area (Å²) in [5, 5.41) is 0. The topological polar surface area (TPSA) is 117 Å². The molecular weight excluding hydrogens is 746 g/mol. The maximum Gasteiger partial charge on any atom is 0.472 e. The van der Waals surface area contributed by atoms with Gasteiger partial charge in [-0.2, -0.15) is 0 Å². The summed E-state index contributed by atoms with van der Waals surface area (Å²) in [7, 11) is -4.28. The second-order valence-corrected chi connectivity index (χ2v) is 17.4. The SMILES string of the molecule is CCCCC/C=C\C/C=C\CCCCCCCCCC(=O)OC(COCCCCCCCCCCCC/C=C\C/C=C\CCCCCCC)COP(=O)(O)OCCN. The Kier molecular flexibility index (Phi) is 45.3. The highest BCUT2D eigenvalue weighted by Crippen LogP contribution is 2.43. The molecule has 8 nitrogen and oxygen atoms in total. The third-order valence-electron chi connectivity index (χ3n) is 10.2. The second-order valence-electron chi connectivity index (χ2n) is 16.0. The maximum absolute atomic E-state index is 12.6. The van der Waals surface area contributed by atoms with E-state index in [9.17, 15) is 14.3 Å². The number of hydrogen-bond donors (Lipinski definition) is 2. The summed E-state index contributed by atoms with van der Waals surface area (Å²) < 4.78 is 33.5. The zero-order chi connectivity index (χ0) is 42.3. The van der Waals surface area contributed by atoms with Crippen LogP contribution in [0.3, 0.4) is 0 Å². The van der Waals surface area contributed by atoms with Gasteiger partial charge in [0.25, 0.3) is 0 Å². The van der Waals surface area contributed by atoms with Crippen LogP contribution in [-0.2, 0) is 27.9 Å². The van der Waals surface area contributed by atoms with Gasteiger partial charge in [0.15, 0.2) is 0 Å². The zero-order valence-corrected chi connectivity index (χ0v) is 38.7. The minimum atomic E-state index is -4.28. The van der Waals surface area contributed by atoms with Crippen molar-refractivity contribution in [2.45, 2.75) is 225 Å². The monoisotopic (exact) mass is 838 g/mol. The molecule has 0 aromatic heterocycles. The van der Waals surface area contributed by atoms with E-state index < -0.39 is 13.9 Å². The molecule has 340 valence electrons. The van der Waals surface area contributed by atoms with Gasteiger partial charge in [0.2, 0.25) is 0 Å². The quantitative estimate of drug-likeness (QED) is 0.0269. The van der Waals surface area contributed by atoms with Gasteiger partial charge in [-0.1, -0.05) is 184 Å². The largest absolute Gasteiger partial charge is 0.472 e. The Balaban J connectivity index is 3.98. The molecular formula is C49H92NO7P. The number of phosphoric acid groups is 1. The van der Waals surface area contributed by atoms with Crippen LogP contribution in [0.15, 0.2) is 48.6 Å². The highest BCUT2D eigenvalue weighted by atomic mass is 31.2. The summed E-state index contributed by atoms with van der Waals surface area (Å²) in [6, 6.07) is 0. The third kappa shape index (κ3) is 45.5. The molecule has 2 atom stereocenters. The van der Waals surface area contributed by atoms with Crippen molar-refractivity contribution in [2.24, 2.45) is 5.73 Å². The van der Waals surface area contributed by atoms with Crippen molar-refractivity contribution >= 4 is 13.8 Å². The van der Waals surface area contributed by atoms with Crippen molar-refractivity contribution < 1.29 is 32.8 Å². The first-order valence-electron chi connectivity index (χ1n) is 24.1. The lowest BCUT2D eigenvalue weighted by molar-refractivity contribution is -0.154. The van der Waals surface area contributed by atoms with E-state index in [0.717, 1.165) is 51.4 Å². The van der Waals surface area contributed by atoms with Gasteiger partial charge in [-0.3, -0.25) is 13.8 Å². The van der Waals surface area contributed by atoms with Crippen molar-refractivity contribution in [2.75, 3.05) is 33.0 Å². The molecule has 0 aromatic rings. The first-order chi connectivity index (χ1) is 28.4. The number of nitrogens with two attached hydrogens (primary N) is 1. The third-order valence-corrected chi connectivity index (χ3v) is 11.2. The number of rotatable bonds is 46. The molecule has 0 amide bonds. The number of unbranched alkanes of at least 4 members (excludes halogenated alkanes) is 25. The molecule has 3 N–H and O–H groups in total. The lowest BCUT2D eigenvalue weighted by atomic mass is 10.1. The number of ether oxygens (including phenoxy) is 2. The summed E-state index contributed by atoms with van der Waals surface area (Å²) >= 11 is 0. The molecule has 0 aliphatic rings. The lowest BCUT2D eigenvalue weighted by Crippen LogP contribution is -2.28. The van der Waals surface area contributed by atoms with Crippen LogP contribution < -0.4 is 5.73 Å². The van der Waals surface area contributed by atoms with Crippen LogP contribution in [0.4, 0.5) is 0 Å². The van der Waals surface area contributed by atoms with Gasteiger partial charge in [0, 0.05) is 19.6 Å². The molecule has 0 fully saturated rings. The Bertz CT molecular complexity index is 1030. The molecule has 58 heavy (non-hydrogen) atoms. The fourth-order valence-corrected chi connectivity index (χ4v) is 7.41. The maximum atomic E-state index is 12.6. The summed E-state index contributed by atoms with van der Waals surface area (Å²) in [5.41, 5.74) is 5.38. The van der Waals surface area contributed by atoms with Crippen molar-refractivity contribution in [3.05, 3.63) is 48.6 Å². The molecule has 0 saturated carbocycles. The van der Waals surface area contributed by atoms with Gasteiger partial charge in [0.05, 0.1) is 19.8 Å². The van der Waals surface area contributed by atoms with E-state index in [1.807, 2.05) is 0 Å². The Morgan fingerprint density at radius 1 is 0.517 bits per heavy atom. The average molecular weight is 838 g/mol. The fourth-order valence-electron chi connectivity index (χ4n) is 6.65. The summed E-state index contributed by atoms with van der Waals surface area (Å²) in [6.45, 7) is 4.89. The van der Waals surface area contributed by atoms with Gasteiger partial charge in [-0.05, 0) is 77.0 Å².